The van der Waals surface area contributed by atoms with Crippen LogP contribution in [0.2, 0.25) is 0 Å². The zero-order valence-corrected chi connectivity index (χ0v) is 13.4. The summed E-state index contributed by atoms with van der Waals surface area (Å²) in [7, 11) is -1.34. The quantitative estimate of drug-likeness (QED) is 0.767. The Morgan fingerprint density at radius 2 is 1.95 bits per heavy atom. The number of hydrogen-bond donors (Lipinski definition) is 1. The minimum absolute atomic E-state index is 0.325. The molecule has 0 amide bonds. The lowest BCUT2D eigenvalue weighted by atomic mass is 10.2. The Kier molecular flexibility index (Phi) is 5.00. The minimum atomic E-state index is -3.38. The predicted molar refractivity (Wildman–Crippen MR) is 79.9 cm³/mol. The number of nitrogens with one attached hydrogen (secondary N) is 1. The molecule has 0 spiro atoms. The number of sulfonamides is 1. The fourth-order valence-corrected chi connectivity index (χ4v) is 3.29. The third-order valence-corrected chi connectivity index (χ3v) is 5.44. The summed E-state index contributed by atoms with van der Waals surface area (Å²) in [5.74, 6) is 0. The number of alkyl halides is 1. The Morgan fingerprint density at radius 1 is 1.32 bits per heavy atom. The van der Waals surface area contributed by atoms with Crippen molar-refractivity contribution in [3.05, 3.63) is 29.8 Å². The zero-order chi connectivity index (χ0) is 13.9. The van der Waals surface area contributed by atoms with Crippen LogP contribution < -0.4 is 4.72 Å². The van der Waals surface area contributed by atoms with Crippen molar-refractivity contribution < 1.29 is 8.42 Å². The van der Waals surface area contributed by atoms with Crippen LogP contribution in [0.4, 0.5) is 0 Å². The summed E-state index contributed by atoms with van der Waals surface area (Å²) in [4.78, 5) is 2.53. The smallest absolute Gasteiger partial charge is 0.240 e. The van der Waals surface area contributed by atoms with Gasteiger partial charge in [-0.15, -0.1) is 0 Å². The molecule has 1 aromatic carbocycles. The average molecular weight is 347 g/mol. The maximum Gasteiger partial charge on any atom is 0.240 e. The fraction of sp³-hybridized carbons (Fsp3) is 0.538. The molecule has 106 valence electrons. The van der Waals surface area contributed by atoms with Gasteiger partial charge in [0.2, 0.25) is 10.0 Å². The molecular formula is C13H19BrN2O2S. The van der Waals surface area contributed by atoms with Crippen molar-refractivity contribution in [1.29, 1.82) is 0 Å². The van der Waals surface area contributed by atoms with Crippen molar-refractivity contribution in [2.24, 2.45) is 0 Å². The topological polar surface area (TPSA) is 49.4 Å². The van der Waals surface area contributed by atoms with Gasteiger partial charge in [0.1, 0.15) is 0 Å². The molecule has 0 heterocycles. The third-order valence-electron chi connectivity index (χ3n) is 3.31. The molecule has 1 saturated carbocycles. The molecule has 0 bridgehead atoms. The molecule has 0 aliphatic heterocycles. The van der Waals surface area contributed by atoms with Gasteiger partial charge in [-0.3, -0.25) is 0 Å². The van der Waals surface area contributed by atoms with E-state index in [4.69, 9.17) is 0 Å². The molecular weight excluding hydrogens is 328 g/mol. The molecule has 0 atom stereocenters. The molecule has 6 heteroatoms. The molecule has 1 N–H and O–H groups in total. The van der Waals surface area contributed by atoms with Crippen molar-refractivity contribution in [3.8, 4) is 0 Å². The van der Waals surface area contributed by atoms with Gasteiger partial charge >= 0.3 is 0 Å². The first-order valence-corrected chi connectivity index (χ1v) is 8.98. The van der Waals surface area contributed by atoms with E-state index in [1.54, 1.807) is 12.1 Å². The number of hydrogen-bond acceptors (Lipinski definition) is 3. The van der Waals surface area contributed by atoms with Gasteiger partial charge < -0.3 is 4.90 Å². The van der Waals surface area contributed by atoms with Crippen LogP contribution in [0.15, 0.2) is 29.2 Å². The van der Waals surface area contributed by atoms with Gasteiger partial charge in [0, 0.05) is 24.5 Å². The molecule has 2 rings (SSSR count). The van der Waals surface area contributed by atoms with E-state index < -0.39 is 10.0 Å². The van der Waals surface area contributed by atoms with Gasteiger partial charge in [-0.1, -0.05) is 28.1 Å². The summed E-state index contributed by atoms with van der Waals surface area (Å²) < 4.78 is 26.8. The SMILES string of the molecule is CN(CCNS(=O)(=O)c1ccc(CBr)cc1)C1CC1. The maximum absolute atomic E-state index is 12.1. The molecule has 0 saturated heterocycles. The molecule has 4 nitrogen and oxygen atoms in total. The average Bonchev–Trinajstić information content (AvgIpc) is 3.23. The van der Waals surface area contributed by atoms with Gasteiger partial charge in [0.15, 0.2) is 0 Å². The van der Waals surface area contributed by atoms with Crippen LogP contribution in [0, 0.1) is 0 Å². The second-order valence-electron chi connectivity index (χ2n) is 4.89. The zero-order valence-electron chi connectivity index (χ0n) is 11.0. The number of halogens is 1. The van der Waals surface area contributed by atoms with E-state index in [0.717, 1.165) is 17.4 Å². The van der Waals surface area contributed by atoms with Crippen molar-refractivity contribution in [2.75, 3.05) is 20.1 Å². The lowest BCUT2D eigenvalue weighted by molar-refractivity contribution is 0.329. The van der Waals surface area contributed by atoms with Crippen LogP contribution in [0.25, 0.3) is 0 Å². The Morgan fingerprint density at radius 3 is 2.47 bits per heavy atom. The second-order valence-corrected chi connectivity index (χ2v) is 7.21. The number of likely N-dealkylation sites (N-methyl/N-ethyl adjacent to an activating group) is 1. The molecule has 1 fully saturated rings. The molecule has 1 aromatic rings. The molecule has 19 heavy (non-hydrogen) atoms. The van der Waals surface area contributed by atoms with Gasteiger partial charge in [-0.25, -0.2) is 13.1 Å². The third kappa shape index (κ3) is 4.27. The van der Waals surface area contributed by atoms with E-state index in [1.165, 1.54) is 12.8 Å². The number of nitrogens with zero attached hydrogens (tertiary/aromatic N) is 1. The summed E-state index contributed by atoms with van der Waals surface area (Å²) in [5.41, 5.74) is 1.06. The van der Waals surface area contributed by atoms with E-state index >= 15 is 0 Å². The van der Waals surface area contributed by atoms with E-state index in [1.807, 2.05) is 19.2 Å². The summed E-state index contributed by atoms with van der Waals surface area (Å²) in [6, 6.07) is 7.58. The summed E-state index contributed by atoms with van der Waals surface area (Å²) in [6.45, 7) is 1.21. The number of rotatable bonds is 7. The highest BCUT2D eigenvalue weighted by atomic mass is 79.9. The summed E-state index contributed by atoms with van der Waals surface area (Å²) >= 11 is 3.34. The first kappa shape index (κ1) is 15.0. The van der Waals surface area contributed by atoms with Gasteiger partial charge in [0.25, 0.3) is 0 Å². The van der Waals surface area contributed by atoms with E-state index in [9.17, 15) is 8.42 Å². The Balaban J connectivity index is 1.89. The lowest BCUT2D eigenvalue weighted by Gasteiger charge is -2.15. The van der Waals surface area contributed by atoms with Gasteiger partial charge in [-0.2, -0.15) is 0 Å². The molecule has 1 aliphatic carbocycles. The van der Waals surface area contributed by atoms with Crippen LogP contribution in [0.5, 0.6) is 0 Å². The Hall–Kier alpha value is -0.430. The van der Waals surface area contributed by atoms with Crippen LogP contribution in [0.1, 0.15) is 18.4 Å². The van der Waals surface area contributed by atoms with Gasteiger partial charge in [-0.05, 0) is 37.6 Å². The first-order chi connectivity index (χ1) is 9.03. The van der Waals surface area contributed by atoms with E-state index in [0.29, 0.717) is 17.5 Å². The van der Waals surface area contributed by atoms with Gasteiger partial charge in [0.05, 0.1) is 4.90 Å². The highest BCUT2D eigenvalue weighted by Crippen LogP contribution is 2.24. The summed E-state index contributed by atoms with van der Waals surface area (Å²) in [5, 5.41) is 0.729. The van der Waals surface area contributed by atoms with Crippen molar-refractivity contribution >= 4 is 26.0 Å². The van der Waals surface area contributed by atoms with Crippen molar-refractivity contribution in [3.63, 3.8) is 0 Å². The molecule has 1 aliphatic rings. The minimum Gasteiger partial charge on any atom is -0.302 e. The largest absolute Gasteiger partial charge is 0.302 e. The van der Waals surface area contributed by atoms with Crippen LogP contribution >= 0.6 is 15.9 Å². The Bertz CT molecular complexity index is 512. The van der Waals surface area contributed by atoms with Crippen LogP contribution in [0.3, 0.4) is 0 Å². The van der Waals surface area contributed by atoms with Crippen molar-refractivity contribution in [1.82, 2.24) is 9.62 Å². The predicted octanol–water partition coefficient (Wildman–Crippen LogP) is 1.95. The monoisotopic (exact) mass is 346 g/mol. The standard InChI is InChI=1S/C13H19BrN2O2S/c1-16(12-4-5-12)9-8-15-19(17,18)13-6-2-11(10-14)3-7-13/h2-3,6-7,12,15H,4-5,8-10H2,1H3. The van der Waals surface area contributed by atoms with E-state index in [-0.39, 0.29) is 0 Å². The normalized spacial score (nSPS) is 15.9. The van der Waals surface area contributed by atoms with Crippen molar-refractivity contribution in [2.45, 2.75) is 29.1 Å². The fourth-order valence-electron chi connectivity index (χ4n) is 1.90. The second kappa shape index (κ2) is 6.35. The summed E-state index contributed by atoms with van der Waals surface area (Å²) in [6.07, 6.45) is 2.47. The number of benzene rings is 1. The first-order valence-electron chi connectivity index (χ1n) is 6.38. The highest BCUT2D eigenvalue weighted by Gasteiger charge is 2.25. The highest BCUT2D eigenvalue weighted by molar-refractivity contribution is 9.08. The van der Waals surface area contributed by atoms with Crippen LogP contribution in [-0.2, 0) is 15.4 Å². The lowest BCUT2D eigenvalue weighted by Crippen LogP contribution is -2.33. The molecule has 0 radical (unpaired) electrons. The molecule has 0 aromatic heterocycles. The van der Waals surface area contributed by atoms with Crippen LogP contribution in [-0.4, -0.2) is 39.5 Å². The Labute approximate surface area is 123 Å². The molecule has 0 unspecified atom stereocenters. The maximum atomic E-state index is 12.1. The van der Waals surface area contributed by atoms with E-state index in [2.05, 4.69) is 25.6 Å².